The van der Waals surface area contributed by atoms with E-state index in [9.17, 15) is 9.59 Å². The molecule has 25 heavy (non-hydrogen) atoms. The van der Waals surface area contributed by atoms with Gasteiger partial charge in [-0.15, -0.1) is 11.3 Å². The van der Waals surface area contributed by atoms with Gasteiger partial charge in [0.05, 0.1) is 23.9 Å². The van der Waals surface area contributed by atoms with Crippen molar-refractivity contribution >= 4 is 46.5 Å². The number of thioether (sulfide) groups is 1. The molecule has 0 fully saturated rings. The fourth-order valence-electron chi connectivity index (χ4n) is 2.26. The van der Waals surface area contributed by atoms with Crippen molar-refractivity contribution in [2.75, 3.05) is 5.75 Å². The molecule has 0 spiro atoms. The van der Waals surface area contributed by atoms with Crippen LogP contribution in [-0.4, -0.2) is 22.6 Å². The maximum Gasteiger partial charge on any atom is 0.230 e. The van der Waals surface area contributed by atoms with Crippen molar-refractivity contribution < 1.29 is 9.59 Å². The first kappa shape index (κ1) is 19.8. The molecule has 1 unspecified atom stereocenters. The van der Waals surface area contributed by atoms with Crippen LogP contribution in [0.25, 0.3) is 0 Å². The number of aryl methyl sites for hydroxylation is 1. The van der Waals surface area contributed by atoms with Gasteiger partial charge in [0, 0.05) is 9.90 Å². The van der Waals surface area contributed by atoms with Crippen LogP contribution in [0.2, 0.25) is 5.02 Å². The summed E-state index contributed by atoms with van der Waals surface area (Å²) in [6.07, 6.45) is 0.974. The van der Waals surface area contributed by atoms with Crippen LogP contribution >= 0.6 is 34.7 Å². The highest BCUT2D eigenvalue weighted by molar-refractivity contribution is 8.01. The third-order valence-corrected chi connectivity index (χ3v) is 6.10. The van der Waals surface area contributed by atoms with E-state index in [0.717, 1.165) is 26.9 Å². The number of nitrogens with two attached hydrogens (primary N) is 1. The second kappa shape index (κ2) is 9.22. The smallest absolute Gasteiger partial charge is 0.230 e. The van der Waals surface area contributed by atoms with E-state index in [1.165, 1.54) is 23.1 Å². The van der Waals surface area contributed by atoms with Crippen LogP contribution in [0.1, 0.15) is 35.5 Å². The van der Waals surface area contributed by atoms with E-state index < -0.39 is 0 Å². The quantitative estimate of drug-likeness (QED) is 0.667. The van der Waals surface area contributed by atoms with Gasteiger partial charge in [-0.25, -0.2) is 4.98 Å². The highest BCUT2D eigenvalue weighted by Crippen LogP contribution is 2.27. The standard InChI is InChI=1S/C17H20ClN3O2S2/c1-3-13(11-4-6-12(18)7-5-11)21-16(23)9-24-17-20-10(2)14(25-17)8-15(19)22/h4-7,13H,3,8-9H2,1-2H3,(H2,19,22)(H,21,23). The molecule has 1 heterocycles. The topological polar surface area (TPSA) is 85.1 Å². The maximum absolute atomic E-state index is 12.2. The van der Waals surface area contributed by atoms with Gasteiger partial charge in [-0.1, -0.05) is 42.4 Å². The molecule has 2 rings (SSSR count). The van der Waals surface area contributed by atoms with Gasteiger partial charge >= 0.3 is 0 Å². The Balaban J connectivity index is 1.91. The van der Waals surface area contributed by atoms with E-state index in [1.54, 1.807) is 0 Å². The zero-order valence-electron chi connectivity index (χ0n) is 14.0. The average Bonchev–Trinajstić information content (AvgIpc) is 2.91. The summed E-state index contributed by atoms with van der Waals surface area (Å²) in [7, 11) is 0. The Morgan fingerprint density at radius 1 is 1.36 bits per heavy atom. The van der Waals surface area contributed by atoms with Crippen molar-refractivity contribution in [3.63, 3.8) is 0 Å². The first-order valence-electron chi connectivity index (χ1n) is 7.81. The third-order valence-electron chi connectivity index (χ3n) is 3.55. The van der Waals surface area contributed by atoms with Crippen molar-refractivity contribution in [2.45, 2.75) is 37.1 Å². The molecule has 134 valence electrons. The Hall–Kier alpha value is -1.57. The summed E-state index contributed by atoms with van der Waals surface area (Å²) in [6.45, 7) is 3.86. The number of thiazole rings is 1. The summed E-state index contributed by atoms with van der Waals surface area (Å²) in [6, 6.07) is 7.43. The second-order valence-corrected chi connectivity index (χ2v) is 8.24. The Kier molecular flexibility index (Phi) is 7.28. The third kappa shape index (κ3) is 6.02. The lowest BCUT2D eigenvalue weighted by atomic mass is 10.0. The largest absolute Gasteiger partial charge is 0.369 e. The Bertz CT molecular complexity index is 747. The van der Waals surface area contributed by atoms with Gasteiger partial charge in [-0.2, -0.15) is 0 Å². The lowest BCUT2D eigenvalue weighted by Gasteiger charge is -2.17. The van der Waals surface area contributed by atoms with Crippen LogP contribution in [-0.2, 0) is 16.0 Å². The first-order valence-corrected chi connectivity index (χ1v) is 9.99. The highest BCUT2D eigenvalue weighted by atomic mass is 35.5. The van der Waals surface area contributed by atoms with Gasteiger partial charge in [0.2, 0.25) is 11.8 Å². The van der Waals surface area contributed by atoms with Gasteiger partial charge in [0.1, 0.15) is 0 Å². The molecule has 1 atom stereocenters. The average molecular weight is 398 g/mol. The lowest BCUT2D eigenvalue weighted by Crippen LogP contribution is -2.29. The van der Waals surface area contributed by atoms with Crippen LogP contribution < -0.4 is 11.1 Å². The minimum atomic E-state index is -0.380. The number of nitrogens with one attached hydrogen (secondary N) is 1. The normalized spacial score (nSPS) is 12.0. The predicted octanol–water partition coefficient (Wildman–Crippen LogP) is 3.49. The summed E-state index contributed by atoms with van der Waals surface area (Å²) in [5.41, 5.74) is 7.04. The molecular formula is C17H20ClN3O2S2. The lowest BCUT2D eigenvalue weighted by molar-refractivity contribution is -0.119. The van der Waals surface area contributed by atoms with E-state index >= 15 is 0 Å². The highest BCUT2D eigenvalue weighted by Gasteiger charge is 2.15. The molecule has 8 heteroatoms. The number of benzene rings is 1. The van der Waals surface area contributed by atoms with E-state index in [0.29, 0.717) is 5.02 Å². The van der Waals surface area contributed by atoms with Crippen molar-refractivity contribution in [3.05, 3.63) is 45.4 Å². The van der Waals surface area contributed by atoms with Gasteiger partial charge < -0.3 is 11.1 Å². The Labute approximate surface area is 160 Å². The molecule has 0 radical (unpaired) electrons. The molecule has 2 aromatic rings. The van der Waals surface area contributed by atoms with Gasteiger partial charge in [-0.3, -0.25) is 9.59 Å². The SMILES string of the molecule is CCC(NC(=O)CSc1nc(C)c(CC(N)=O)s1)c1ccc(Cl)cc1. The van der Waals surface area contributed by atoms with Crippen LogP contribution in [0.4, 0.5) is 0 Å². The van der Waals surface area contributed by atoms with Gasteiger partial charge in [0.15, 0.2) is 4.34 Å². The molecule has 5 nitrogen and oxygen atoms in total. The summed E-state index contributed by atoms with van der Waals surface area (Å²) in [4.78, 5) is 28.5. The van der Waals surface area contributed by atoms with E-state index in [2.05, 4.69) is 10.3 Å². The summed E-state index contributed by atoms with van der Waals surface area (Å²) in [5, 5.41) is 3.70. The number of aromatic nitrogens is 1. The summed E-state index contributed by atoms with van der Waals surface area (Å²) >= 11 is 8.68. The number of amides is 2. The maximum atomic E-state index is 12.2. The van der Waals surface area contributed by atoms with Gasteiger partial charge in [-0.05, 0) is 31.0 Å². The zero-order chi connectivity index (χ0) is 18.4. The van der Waals surface area contributed by atoms with Crippen molar-refractivity contribution in [2.24, 2.45) is 5.73 Å². The molecule has 2 amide bonds. The molecule has 0 aliphatic heterocycles. The van der Waals surface area contributed by atoms with Crippen molar-refractivity contribution in [3.8, 4) is 0 Å². The van der Waals surface area contributed by atoms with Crippen LogP contribution in [0.15, 0.2) is 28.6 Å². The Morgan fingerprint density at radius 2 is 2.04 bits per heavy atom. The van der Waals surface area contributed by atoms with Crippen LogP contribution in [0.3, 0.4) is 0 Å². The molecule has 1 aromatic carbocycles. The molecule has 0 aliphatic rings. The van der Waals surface area contributed by atoms with Crippen LogP contribution in [0.5, 0.6) is 0 Å². The molecule has 0 saturated heterocycles. The fraction of sp³-hybridized carbons (Fsp3) is 0.353. The number of carbonyl (C=O) groups excluding carboxylic acids is 2. The van der Waals surface area contributed by atoms with E-state index in [1.807, 2.05) is 38.1 Å². The number of nitrogens with zero attached hydrogens (tertiary/aromatic N) is 1. The van der Waals surface area contributed by atoms with Gasteiger partial charge in [0.25, 0.3) is 0 Å². The number of rotatable bonds is 8. The summed E-state index contributed by atoms with van der Waals surface area (Å²) < 4.78 is 0.767. The monoisotopic (exact) mass is 397 g/mol. The van der Waals surface area contributed by atoms with E-state index in [4.69, 9.17) is 17.3 Å². The summed E-state index contributed by atoms with van der Waals surface area (Å²) in [5.74, 6) is -0.168. The molecule has 0 bridgehead atoms. The fourth-order valence-corrected chi connectivity index (χ4v) is 4.45. The molecule has 0 saturated carbocycles. The number of hydrogen-bond acceptors (Lipinski definition) is 5. The van der Waals surface area contributed by atoms with Crippen molar-refractivity contribution in [1.29, 1.82) is 0 Å². The molecule has 0 aliphatic carbocycles. The minimum absolute atomic E-state index is 0.0474. The minimum Gasteiger partial charge on any atom is -0.369 e. The number of hydrogen-bond donors (Lipinski definition) is 2. The number of primary amides is 1. The Morgan fingerprint density at radius 3 is 2.64 bits per heavy atom. The first-order chi connectivity index (χ1) is 11.9. The van der Waals surface area contributed by atoms with E-state index in [-0.39, 0.29) is 30.0 Å². The predicted molar refractivity (Wildman–Crippen MR) is 103 cm³/mol. The number of halogens is 1. The molecule has 1 aromatic heterocycles. The molecule has 3 N–H and O–H groups in total. The second-order valence-electron chi connectivity index (χ2n) is 5.50. The zero-order valence-corrected chi connectivity index (χ0v) is 16.4. The van der Waals surface area contributed by atoms with Crippen molar-refractivity contribution in [1.82, 2.24) is 10.3 Å². The molecular weight excluding hydrogens is 378 g/mol. The van der Waals surface area contributed by atoms with Crippen LogP contribution in [0, 0.1) is 6.92 Å². The number of carbonyl (C=O) groups is 2.